The first-order valence-corrected chi connectivity index (χ1v) is 5.25. The number of nitrogens with zero attached hydrogens (tertiary/aromatic N) is 2. The first kappa shape index (κ1) is 13.1. The molecule has 19 heavy (non-hydrogen) atoms. The Balaban J connectivity index is 2.46. The van der Waals surface area contributed by atoms with Crippen molar-refractivity contribution in [1.82, 2.24) is 9.97 Å². The van der Waals surface area contributed by atoms with Gasteiger partial charge in [0.1, 0.15) is 5.82 Å². The number of aromatic nitrogens is 2. The minimum atomic E-state index is -4.47. The molecule has 2 rings (SSSR count). The van der Waals surface area contributed by atoms with Crippen molar-refractivity contribution in [3.05, 3.63) is 36.0 Å². The predicted octanol–water partition coefficient (Wildman–Crippen LogP) is 2.75. The van der Waals surface area contributed by atoms with Gasteiger partial charge in [0.05, 0.1) is 18.4 Å². The molecule has 4 nitrogen and oxygen atoms in total. The summed E-state index contributed by atoms with van der Waals surface area (Å²) in [6, 6.07) is 4.82. The molecule has 0 aromatic carbocycles. The number of pyridine rings is 2. The van der Waals surface area contributed by atoms with Crippen LogP contribution in [0.4, 0.5) is 19.0 Å². The molecule has 0 spiro atoms. The van der Waals surface area contributed by atoms with E-state index in [1.165, 1.54) is 19.4 Å². The molecule has 0 fully saturated rings. The van der Waals surface area contributed by atoms with Gasteiger partial charge in [-0.3, -0.25) is 0 Å². The van der Waals surface area contributed by atoms with Crippen LogP contribution in [-0.2, 0) is 6.18 Å². The summed E-state index contributed by atoms with van der Waals surface area (Å²) in [6.07, 6.45) is -3.09. The van der Waals surface area contributed by atoms with Crippen molar-refractivity contribution in [2.75, 3.05) is 12.8 Å². The average Bonchev–Trinajstić information content (AvgIpc) is 2.37. The molecule has 0 amide bonds. The molecule has 0 atom stereocenters. The maximum Gasteiger partial charge on any atom is 0.416 e. The second-order valence-corrected chi connectivity index (χ2v) is 3.75. The van der Waals surface area contributed by atoms with Gasteiger partial charge in [-0.25, -0.2) is 9.97 Å². The number of halogens is 3. The number of alkyl halides is 3. The summed E-state index contributed by atoms with van der Waals surface area (Å²) in [6.45, 7) is 0. The standard InChI is InChI=1S/C12H10F3N3O/c1-19-11-3-2-7(6-17-11)9-4-8(12(13,14)15)5-10(16)18-9/h2-6H,1H3,(H2,16,18). The van der Waals surface area contributed by atoms with Gasteiger partial charge in [-0.2, -0.15) is 13.2 Å². The van der Waals surface area contributed by atoms with E-state index in [1.54, 1.807) is 6.07 Å². The summed E-state index contributed by atoms with van der Waals surface area (Å²) >= 11 is 0. The molecule has 0 bridgehead atoms. The molecule has 2 N–H and O–H groups in total. The number of nitrogen functional groups attached to an aromatic ring is 1. The van der Waals surface area contributed by atoms with Crippen LogP contribution < -0.4 is 10.5 Å². The van der Waals surface area contributed by atoms with Crippen LogP contribution >= 0.6 is 0 Å². The van der Waals surface area contributed by atoms with Gasteiger partial charge in [0.25, 0.3) is 0 Å². The second-order valence-electron chi connectivity index (χ2n) is 3.75. The molecule has 2 aromatic heterocycles. The third-order valence-corrected chi connectivity index (χ3v) is 2.41. The number of anilines is 1. The Kier molecular flexibility index (Phi) is 3.28. The molecule has 0 aliphatic carbocycles. The van der Waals surface area contributed by atoms with Crippen LogP contribution in [0.5, 0.6) is 5.88 Å². The topological polar surface area (TPSA) is 61.0 Å². The van der Waals surface area contributed by atoms with E-state index >= 15 is 0 Å². The smallest absolute Gasteiger partial charge is 0.416 e. The largest absolute Gasteiger partial charge is 0.481 e. The van der Waals surface area contributed by atoms with Gasteiger partial charge in [0.2, 0.25) is 5.88 Å². The summed E-state index contributed by atoms with van der Waals surface area (Å²) in [4.78, 5) is 7.78. The Morgan fingerprint density at radius 1 is 1.21 bits per heavy atom. The minimum absolute atomic E-state index is 0.113. The fraction of sp³-hybridized carbons (Fsp3) is 0.167. The number of methoxy groups -OCH3 is 1. The van der Waals surface area contributed by atoms with E-state index in [2.05, 4.69) is 9.97 Å². The summed E-state index contributed by atoms with van der Waals surface area (Å²) in [5.74, 6) is 0.171. The van der Waals surface area contributed by atoms with Gasteiger partial charge < -0.3 is 10.5 Å². The molecule has 0 saturated heterocycles. The Bertz CT molecular complexity index is 582. The van der Waals surface area contributed by atoms with Crippen molar-refractivity contribution in [3.8, 4) is 17.1 Å². The van der Waals surface area contributed by atoms with Crippen molar-refractivity contribution in [2.24, 2.45) is 0 Å². The zero-order valence-electron chi connectivity index (χ0n) is 9.90. The zero-order chi connectivity index (χ0) is 14.0. The van der Waals surface area contributed by atoms with E-state index in [0.717, 1.165) is 12.1 Å². The minimum Gasteiger partial charge on any atom is -0.481 e. The highest BCUT2D eigenvalue weighted by molar-refractivity contribution is 5.61. The summed E-state index contributed by atoms with van der Waals surface area (Å²) in [7, 11) is 1.45. The number of hydrogen-bond donors (Lipinski definition) is 1. The monoisotopic (exact) mass is 269 g/mol. The fourth-order valence-electron chi connectivity index (χ4n) is 1.52. The van der Waals surface area contributed by atoms with E-state index in [4.69, 9.17) is 10.5 Å². The highest BCUT2D eigenvalue weighted by Crippen LogP contribution is 2.32. The summed E-state index contributed by atoms with van der Waals surface area (Å²) < 4.78 is 42.9. The molecule has 2 heterocycles. The summed E-state index contributed by atoms with van der Waals surface area (Å²) in [5, 5.41) is 0. The number of ether oxygens (including phenoxy) is 1. The van der Waals surface area contributed by atoms with E-state index in [0.29, 0.717) is 11.4 Å². The van der Waals surface area contributed by atoms with Crippen LogP contribution in [0.25, 0.3) is 11.3 Å². The Morgan fingerprint density at radius 2 is 1.95 bits per heavy atom. The molecule has 7 heteroatoms. The van der Waals surface area contributed by atoms with Gasteiger partial charge in [0.15, 0.2) is 0 Å². The fourth-order valence-corrected chi connectivity index (χ4v) is 1.52. The van der Waals surface area contributed by atoms with E-state index in [-0.39, 0.29) is 11.5 Å². The SMILES string of the molecule is COc1ccc(-c2cc(C(F)(F)F)cc(N)n2)cn1. The molecular formula is C12H10F3N3O. The van der Waals surface area contributed by atoms with Gasteiger partial charge in [-0.15, -0.1) is 0 Å². The molecule has 0 aliphatic rings. The first-order valence-electron chi connectivity index (χ1n) is 5.25. The normalized spacial score (nSPS) is 11.4. The van der Waals surface area contributed by atoms with E-state index in [1.807, 2.05) is 0 Å². The van der Waals surface area contributed by atoms with Gasteiger partial charge in [-0.1, -0.05) is 0 Å². The Morgan fingerprint density at radius 3 is 2.47 bits per heavy atom. The predicted molar refractivity (Wildman–Crippen MR) is 63.4 cm³/mol. The lowest BCUT2D eigenvalue weighted by Gasteiger charge is -2.09. The van der Waals surface area contributed by atoms with Crippen LogP contribution in [0.2, 0.25) is 0 Å². The van der Waals surface area contributed by atoms with Gasteiger partial charge in [-0.05, 0) is 18.2 Å². The van der Waals surface area contributed by atoms with Crippen LogP contribution in [0.15, 0.2) is 30.5 Å². The molecule has 0 radical (unpaired) electrons. The molecular weight excluding hydrogens is 259 g/mol. The molecule has 2 aromatic rings. The van der Waals surface area contributed by atoms with Crippen molar-refractivity contribution < 1.29 is 17.9 Å². The van der Waals surface area contributed by atoms with Crippen LogP contribution in [0, 0.1) is 0 Å². The maximum atomic E-state index is 12.7. The van der Waals surface area contributed by atoms with Gasteiger partial charge >= 0.3 is 6.18 Å². The highest BCUT2D eigenvalue weighted by atomic mass is 19.4. The first-order chi connectivity index (χ1) is 8.90. The van der Waals surface area contributed by atoms with Crippen molar-refractivity contribution in [3.63, 3.8) is 0 Å². The third-order valence-electron chi connectivity index (χ3n) is 2.41. The molecule has 0 saturated carbocycles. The third kappa shape index (κ3) is 2.93. The number of nitrogens with two attached hydrogens (primary N) is 1. The second kappa shape index (κ2) is 4.75. The number of hydrogen-bond acceptors (Lipinski definition) is 4. The maximum absolute atomic E-state index is 12.7. The lowest BCUT2D eigenvalue weighted by molar-refractivity contribution is -0.137. The van der Waals surface area contributed by atoms with E-state index < -0.39 is 11.7 Å². The van der Waals surface area contributed by atoms with Crippen LogP contribution in [-0.4, -0.2) is 17.1 Å². The van der Waals surface area contributed by atoms with Crippen molar-refractivity contribution in [2.45, 2.75) is 6.18 Å². The Hall–Kier alpha value is -2.31. The van der Waals surface area contributed by atoms with Crippen molar-refractivity contribution >= 4 is 5.82 Å². The lowest BCUT2D eigenvalue weighted by atomic mass is 10.1. The highest BCUT2D eigenvalue weighted by Gasteiger charge is 2.31. The molecule has 0 unspecified atom stereocenters. The van der Waals surface area contributed by atoms with Crippen molar-refractivity contribution in [1.29, 1.82) is 0 Å². The molecule has 100 valence electrons. The quantitative estimate of drug-likeness (QED) is 0.910. The zero-order valence-corrected chi connectivity index (χ0v) is 9.90. The summed E-state index contributed by atoms with van der Waals surface area (Å²) in [5.41, 5.74) is 5.09. The lowest BCUT2D eigenvalue weighted by Crippen LogP contribution is -2.07. The number of rotatable bonds is 2. The van der Waals surface area contributed by atoms with Gasteiger partial charge in [0, 0.05) is 17.8 Å². The Labute approximate surface area is 107 Å². The van der Waals surface area contributed by atoms with Crippen LogP contribution in [0.3, 0.4) is 0 Å². The van der Waals surface area contributed by atoms with E-state index in [9.17, 15) is 13.2 Å². The average molecular weight is 269 g/mol. The van der Waals surface area contributed by atoms with Crippen LogP contribution in [0.1, 0.15) is 5.56 Å². The molecule has 0 aliphatic heterocycles.